The van der Waals surface area contributed by atoms with E-state index in [1.54, 1.807) is 0 Å². The van der Waals surface area contributed by atoms with E-state index in [1.807, 2.05) is 12.1 Å². The second-order valence-corrected chi connectivity index (χ2v) is 9.42. The summed E-state index contributed by atoms with van der Waals surface area (Å²) in [6, 6.07) is 27.5. The Morgan fingerprint density at radius 2 is 1.50 bits per heavy atom. The average molecular weight is 394 g/mol. The molecule has 3 nitrogen and oxygen atoms in total. The molecule has 0 saturated carbocycles. The highest BCUT2D eigenvalue weighted by molar-refractivity contribution is 6.68. The predicted octanol–water partition coefficient (Wildman–Crippen LogP) is 5.73. The van der Waals surface area contributed by atoms with Gasteiger partial charge in [0.2, 0.25) is 0 Å². The zero-order valence-electron chi connectivity index (χ0n) is 18.1. The first-order valence-corrected chi connectivity index (χ1v) is 10.7. The Labute approximate surface area is 178 Å². The maximum atomic E-state index is 6.42. The fourth-order valence-electron chi connectivity index (χ4n) is 4.36. The van der Waals surface area contributed by atoms with E-state index in [0.717, 1.165) is 34.4 Å². The van der Waals surface area contributed by atoms with Crippen LogP contribution in [0.1, 0.15) is 27.7 Å². The van der Waals surface area contributed by atoms with Gasteiger partial charge in [-0.3, -0.25) is 4.57 Å². The van der Waals surface area contributed by atoms with Gasteiger partial charge in [0.15, 0.2) is 0 Å². The fourth-order valence-corrected chi connectivity index (χ4v) is 4.36. The van der Waals surface area contributed by atoms with Gasteiger partial charge in [-0.15, -0.1) is 0 Å². The lowest BCUT2D eigenvalue weighted by molar-refractivity contribution is 0.0375. The summed E-state index contributed by atoms with van der Waals surface area (Å²) in [6.07, 6.45) is 1.03. The molecule has 0 unspecified atom stereocenters. The molecular formula is C26H27BN2O. The lowest BCUT2D eigenvalue weighted by Crippen LogP contribution is -2.36. The molecule has 150 valence electrons. The Balaban J connectivity index is 1.57. The van der Waals surface area contributed by atoms with Gasteiger partial charge in [-0.25, -0.2) is 4.98 Å². The zero-order chi connectivity index (χ0) is 20.9. The van der Waals surface area contributed by atoms with E-state index in [0.29, 0.717) is 0 Å². The highest BCUT2D eigenvalue weighted by Crippen LogP contribution is 2.45. The summed E-state index contributed by atoms with van der Waals surface area (Å²) in [4.78, 5) is 4.94. The average Bonchev–Trinajstić information content (AvgIpc) is 3.23. The van der Waals surface area contributed by atoms with Crippen LogP contribution in [0.25, 0.3) is 28.1 Å². The SMILES string of the molecule is CC1(C)CB(c2ccc(-n3c(-c4ccccc4)nc4ccccc43)cc2)OC1(C)C. The molecule has 2 heterocycles. The number of nitrogens with zero attached hydrogens (tertiary/aromatic N) is 2. The number of fused-ring (bicyclic) bond motifs is 1. The molecule has 1 saturated heterocycles. The van der Waals surface area contributed by atoms with Crippen molar-refractivity contribution in [2.45, 2.75) is 39.6 Å². The first kappa shape index (κ1) is 19.1. The van der Waals surface area contributed by atoms with Crippen molar-refractivity contribution in [3.05, 3.63) is 78.9 Å². The highest BCUT2D eigenvalue weighted by atomic mass is 16.5. The van der Waals surface area contributed by atoms with Gasteiger partial charge in [-0.2, -0.15) is 0 Å². The van der Waals surface area contributed by atoms with Crippen molar-refractivity contribution in [1.29, 1.82) is 0 Å². The van der Waals surface area contributed by atoms with Crippen LogP contribution >= 0.6 is 0 Å². The smallest absolute Gasteiger partial charge is 0.327 e. The van der Waals surface area contributed by atoms with Crippen molar-refractivity contribution >= 4 is 23.4 Å². The molecule has 0 N–H and O–H groups in total. The number of aromatic nitrogens is 2. The summed E-state index contributed by atoms with van der Waals surface area (Å²) in [5.74, 6) is 0.962. The maximum absolute atomic E-state index is 6.42. The molecule has 4 heteroatoms. The van der Waals surface area contributed by atoms with Gasteiger partial charge < -0.3 is 4.65 Å². The van der Waals surface area contributed by atoms with Crippen molar-refractivity contribution in [2.24, 2.45) is 5.41 Å². The van der Waals surface area contributed by atoms with Crippen LogP contribution in [0.5, 0.6) is 0 Å². The zero-order valence-corrected chi connectivity index (χ0v) is 18.1. The topological polar surface area (TPSA) is 27.1 Å². The molecule has 3 aromatic carbocycles. The molecule has 5 rings (SSSR count). The number of hydrogen-bond donors (Lipinski definition) is 0. The van der Waals surface area contributed by atoms with E-state index >= 15 is 0 Å². The van der Waals surface area contributed by atoms with E-state index in [-0.39, 0.29) is 17.9 Å². The van der Waals surface area contributed by atoms with Gasteiger partial charge in [-0.05, 0) is 55.3 Å². The Hall–Kier alpha value is -2.85. The van der Waals surface area contributed by atoms with Crippen LogP contribution in [0, 0.1) is 5.41 Å². The first-order valence-electron chi connectivity index (χ1n) is 10.7. The molecule has 0 radical (unpaired) electrons. The first-order chi connectivity index (χ1) is 14.4. The molecular weight excluding hydrogens is 367 g/mol. The van der Waals surface area contributed by atoms with Gasteiger partial charge in [0, 0.05) is 11.3 Å². The van der Waals surface area contributed by atoms with E-state index in [1.165, 1.54) is 5.46 Å². The molecule has 0 bridgehead atoms. The third-order valence-corrected chi connectivity index (χ3v) is 6.88. The number of benzene rings is 3. The molecule has 1 aliphatic rings. The molecule has 30 heavy (non-hydrogen) atoms. The second-order valence-electron chi connectivity index (χ2n) is 9.42. The van der Waals surface area contributed by atoms with Crippen LogP contribution in [-0.2, 0) is 4.65 Å². The Morgan fingerprint density at radius 3 is 2.17 bits per heavy atom. The summed E-state index contributed by atoms with van der Waals surface area (Å²) >= 11 is 0. The van der Waals surface area contributed by atoms with Gasteiger partial charge in [0.25, 0.3) is 0 Å². The number of rotatable bonds is 3. The van der Waals surface area contributed by atoms with Crippen LogP contribution in [-0.4, -0.2) is 22.1 Å². The van der Waals surface area contributed by atoms with Crippen LogP contribution in [0.2, 0.25) is 6.32 Å². The van der Waals surface area contributed by atoms with Gasteiger partial charge in [-0.1, -0.05) is 68.4 Å². The molecule has 1 fully saturated rings. The maximum Gasteiger partial charge on any atom is 0.327 e. The summed E-state index contributed by atoms with van der Waals surface area (Å²) in [5.41, 5.74) is 5.60. The molecule has 0 amide bonds. The minimum absolute atomic E-state index is 0.128. The van der Waals surface area contributed by atoms with Crippen molar-refractivity contribution in [3.8, 4) is 17.1 Å². The van der Waals surface area contributed by atoms with Crippen molar-refractivity contribution in [3.63, 3.8) is 0 Å². The van der Waals surface area contributed by atoms with Gasteiger partial charge in [0.05, 0.1) is 16.6 Å². The molecule has 1 aromatic heterocycles. The molecule has 0 spiro atoms. The Kier molecular flexibility index (Phi) is 4.37. The number of para-hydroxylation sites is 2. The summed E-state index contributed by atoms with van der Waals surface area (Å²) in [6.45, 7) is 9.13. The minimum Gasteiger partial charge on any atom is -0.426 e. The monoisotopic (exact) mass is 394 g/mol. The summed E-state index contributed by atoms with van der Waals surface area (Å²) in [5, 5.41) is 0. The van der Waals surface area contributed by atoms with E-state index in [2.05, 4.69) is 99.0 Å². The number of hydrogen-bond acceptors (Lipinski definition) is 2. The Bertz CT molecular complexity index is 1180. The molecule has 1 aliphatic heterocycles. The van der Waals surface area contributed by atoms with Crippen LogP contribution in [0.3, 0.4) is 0 Å². The summed E-state index contributed by atoms with van der Waals surface area (Å²) in [7, 11) is 0. The summed E-state index contributed by atoms with van der Waals surface area (Å²) < 4.78 is 8.67. The van der Waals surface area contributed by atoms with Crippen molar-refractivity contribution < 1.29 is 4.65 Å². The Morgan fingerprint density at radius 1 is 0.833 bits per heavy atom. The molecule has 0 atom stereocenters. The predicted molar refractivity (Wildman–Crippen MR) is 126 cm³/mol. The van der Waals surface area contributed by atoms with E-state index in [4.69, 9.17) is 9.64 Å². The largest absolute Gasteiger partial charge is 0.426 e. The third-order valence-electron chi connectivity index (χ3n) is 6.88. The highest BCUT2D eigenvalue weighted by Gasteiger charge is 2.49. The van der Waals surface area contributed by atoms with Crippen molar-refractivity contribution in [2.75, 3.05) is 0 Å². The standard InChI is InChI=1S/C26H27BN2O/c1-25(2)18-27(30-26(25,3)4)20-14-16-21(17-15-20)29-23-13-9-8-12-22(23)28-24(29)19-10-6-5-7-11-19/h5-17H,18H2,1-4H3. The third kappa shape index (κ3) is 3.07. The van der Waals surface area contributed by atoms with Gasteiger partial charge in [0.1, 0.15) is 5.82 Å². The molecule has 0 aliphatic carbocycles. The van der Waals surface area contributed by atoms with Crippen LogP contribution in [0.15, 0.2) is 78.9 Å². The van der Waals surface area contributed by atoms with E-state index < -0.39 is 0 Å². The van der Waals surface area contributed by atoms with E-state index in [9.17, 15) is 0 Å². The second kappa shape index (κ2) is 6.85. The number of imidazole rings is 1. The quantitative estimate of drug-likeness (QED) is 0.415. The molecule has 4 aromatic rings. The lowest BCUT2D eigenvalue weighted by atomic mass is 9.54. The fraction of sp³-hybridized carbons (Fsp3) is 0.269. The van der Waals surface area contributed by atoms with Crippen molar-refractivity contribution in [1.82, 2.24) is 9.55 Å². The normalized spacial score (nSPS) is 17.5. The minimum atomic E-state index is -0.128. The lowest BCUT2D eigenvalue weighted by Gasteiger charge is -2.34. The van der Waals surface area contributed by atoms with Gasteiger partial charge >= 0.3 is 6.92 Å². The van der Waals surface area contributed by atoms with Crippen LogP contribution in [0.4, 0.5) is 0 Å². The van der Waals surface area contributed by atoms with Crippen LogP contribution < -0.4 is 5.46 Å².